The minimum Gasteiger partial charge on any atom is -0.495 e. The van der Waals surface area contributed by atoms with Gasteiger partial charge in [-0.1, -0.05) is 23.7 Å². The molecule has 22 heavy (non-hydrogen) atoms. The third-order valence-electron chi connectivity index (χ3n) is 3.43. The van der Waals surface area contributed by atoms with Crippen LogP contribution in [-0.4, -0.2) is 27.3 Å². The summed E-state index contributed by atoms with van der Waals surface area (Å²) in [6.07, 6.45) is 0. The fourth-order valence-electron chi connectivity index (χ4n) is 2.38. The van der Waals surface area contributed by atoms with Crippen molar-refractivity contribution in [1.82, 2.24) is 0 Å². The zero-order chi connectivity index (χ0) is 15.9. The molecule has 5 nitrogen and oxygen atoms in total. The number of amides is 1. The molecule has 0 saturated heterocycles. The van der Waals surface area contributed by atoms with Crippen molar-refractivity contribution in [2.75, 3.05) is 17.9 Å². The molecular formula is C15H12ClNO4S. The number of carbonyl (C=O) groups excluding carboxylic acids is 1. The predicted octanol–water partition coefficient (Wildman–Crippen LogP) is 2.74. The molecule has 0 fully saturated rings. The van der Waals surface area contributed by atoms with E-state index in [1.807, 2.05) is 0 Å². The molecule has 0 aliphatic carbocycles. The molecule has 2 aromatic carbocycles. The summed E-state index contributed by atoms with van der Waals surface area (Å²) in [6, 6.07) is 11.0. The topological polar surface area (TPSA) is 63.7 Å². The quantitative estimate of drug-likeness (QED) is 0.845. The maximum atomic E-state index is 12.6. The zero-order valence-electron chi connectivity index (χ0n) is 11.6. The number of fused-ring (bicyclic) bond motifs is 1. The van der Waals surface area contributed by atoms with E-state index < -0.39 is 15.7 Å². The van der Waals surface area contributed by atoms with Crippen LogP contribution in [0.1, 0.15) is 10.4 Å². The molecule has 1 aliphatic heterocycles. The van der Waals surface area contributed by atoms with Gasteiger partial charge in [-0.15, -0.1) is 0 Å². The fourth-order valence-corrected chi connectivity index (χ4v) is 4.15. The van der Waals surface area contributed by atoms with E-state index in [1.165, 1.54) is 24.1 Å². The Morgan fingerprint density at radius 2 is 1.95 bits per heavy atom. The summed E-state index contributed by atoms with van der Waals surface area (Å²) < 4.78 is 29.3. The summed E-state index contributed by atoms with van der Waals surface area (Å²) in [7, 11) is -2.01. The molecule has 2 aromatic rings. The van der Waals surface area contributed by atoms with Gasteiger partial charge in [-0.25, -0.2) is 8.42 Å². The SMILES string of the molecule is COc1ccc(C(=O)N2CS(=O)(=O)c3ccccc32)cc1Cl. The maximum Gasteiger partial charge on any atom is 0.259 e. The molecule has 1 amide bonds. The number of anilines is 1. The third kappa shape index (κ3) is 2.34. The highest BCUT2D eigenvalue weighted by molar-refractivity contribution is 7.92. The Kier molecular flexibility index (Phi) is 3.58. The Bertz CT molecular complexity index is 864. The first-order chi connectivity index (χ1) is 10.4. The second kappa shape index (κ2) is 5.30. The van der Waals surface area contributed by atoms with Crippen LogP contribution >= 0.6 is 11.6 Å². The van der Waals surface area contributed by atoms with Crippen molar-refractivity contribution in [2.45, 2.75) is 4.90 Å². The van der Waals surface area contributed by atoms with Crippen molar-refractivity contribution in [3.63, 3.8) is 0 Å². The van der Waals surface area contributed by atoms with Crippen LogP contribution in [0.4, 0.5) is 5.69 Å². The van der Waals surface area contributed by atoms with Gasteiger partial charge in [0.15, 0.2) is 9.84 Å². The summed E-state index contributed by atoms with van der Waals surface area (Å²) in [6.45, 7) is 0. The van der Waals surface area contributed by atoms with E-state index >= 15 is 0 Å². The largest absolute Gasteiger partial charge is 0.495 e. The van der Waals surface area contributed by atoms with Gasteiger partial charge in [0.05, 0.1) is 22.7 Å². The number of sulfone groups is 1. The number of ether oxygens (including phenoxy) is 1. The Hall–Kier alpha value is -2.05. The minimum absolute atomic E-state index is 0.169. The number of carbonyl (C=O) groups is 1. The standard InChI is InChI=1S/C15H12ClNO4S/c1-21-13-7-6-10(8-11(13)16)15(18)17-9-22(19,20)14-5-3-2-4-12(14)17/h2-8H,9H2,1H3. The van der Waals surface area contributed by atoms with Crippen molar-refractivity contribution >= 4 is 33.0 Å². The summed E-state index contributed by atoms with van der Waals surface area (Å²) in [4.78, 5) is 14.0. The number of para-hydroxylation sites is 1. The Balaban J connectivity index is 2.02. The van der Waals surface area contributed by atoms with Gasteiger partial charge in [0.1, 0.15) is 11.6 Å². The van der Waals surface area contributed by atoms with E-state index in [0.29, 0.717) is 22.0 Å². The third-order valence-corrected chi connectivity index (χ3v) is 5.34. The molecule has 0 spiro atoms. The molecule has 1 heterocycles. The normalized spacial score (nSPS) is 15.5. The van der Waals surface area contributed by atoms with Gasteiger partial charge in [0.25, 0.3) is 5.91 Å². The van der Waals surface area contributed by atoms with Crippen LogP contribution in [0, 0.1) is 0 Å². The summed E-state index contributed by atoms with van der Waals surface area (Å²) in [5.41, 5.74) is 0.692. The molecule has 0 unspecified atom stereocenters. The number of halogens is 1. The van der Waals surface area contributed by atoms with Crippen LogP contribution in [0.15, 0.2) is 47.4 Å². The van der Waals surface area contributed by atoms with E-state index in [0.717, 1.165) is 0 Å². The first-order valence-corrected chi connectivity index (χ1v) is 8.44. The zero-order valence-corrected chi connectivity index (χ0v) is 13.2. The predicted molar refractivity (Wildman–Crippen MR) is 83.3 cm³/mol. The van der Waals surface area contributed by atoms with E-state index in [1.54, 1.807) is 30.3 Å². The van der Waals surface area contributed by atoms with Gasteiger partial charge in [-0.2, -0.15) is 0 Å². The van der Waals surface area contributed by atoms with Crippen molar-refractivity contribution in [2.24, 2.45) is 0 Å². The average Bonchev–Trinajstić information content (AvgIpc) is 2.79. The van der Waals surface area contributed by atoms with E-state index in [9.17, 15) is 13.2 Å². The Labute approximate surface area is 133 Å². The minimum atomic E-state index is -3.48. The van der Waals surface area contributed by atoms with Gasteiger partial charge in [-0.3, -0.25) is 9.69 Å². The van der Waals surface area contributed by atoms with Gasteiger partial charge >= 0.3 is 0 Å². The lowest BCUT2D eigenvalue weighted by Gasteiger charge is -2.16. The molecule has 0 saturated carbocycles. The molecule has 0 radical (unpaired) electrons. The first-order valence-electron chi connectivity index (χ1n) is 6.41. The number of hydrogen-bond acceptors (Lipinski definition) is 4. The lowest BCUT2D eigenvalue weighted by molar-refractivity contribution is 0.0991. The molecule has 3 rings (SSSR count). The lowest BCUT2D eigenvalue weighted by atomic mass is 10.2. The number of nitrogens with zero attached hydrogens (tertiary/aromatic N) is 1. The maximum absolute atomic E-state index is 12.6. The van der Waals surface area contributed by atoms with Crippen LogP contribution in [0.3, 0.4) is 0 Å². The number of rotatable bonds is 2. The van der Waals surface area contributed by atoms with Crippen LogP contribution in [0.5, 0.6) is 5.75 Å². The number of benzene rings is 2. The van der Waals surface area contributed by atoms with Gasteiger partial charge in [0, 0.05) is 5.56 Å². The van der Waals surface area contributed by atoms with Crippen LogP contribution in [0.2, 0.25) is 5.02 Å². The molecule has 1 aliphatic rings. The van der Waals surface area contributed by atoms with Gasteiger partial charge in [-0.05, 0) is 30.3 Å². The van der Waals surface area contributed by atoms with Gasteiger partial charge < -0.3 is 4.74 Å². The van der Waals surface area contributed by atoms with Crippen molar-refractivity contribution in [1.29, 1.82) is 0 Å². The van der Waals surface area contributed by atoms with E-state index in [2.05, 4.69) is 0 Å². The second-order valence-corrected chi connectivity index (χ2v) is 7.13. The molecule has 0 aromatic heterocycles. The number of methoxy groups -OCH3 is 1. The van der Waals surface area contributed by atoms with Crippen molar-refractivity contribution in [3.8, 4) is 5.75 Å². The molecule has 0 atom stereocenters. The molecular weight excluding hydrogens is 326 g/mol. The van der Waals surface area contributed by atoms with Crippen molar-refractivity contribution < 1.29 is 17.9 Å². The van der Waals surface area contributed by atoms with Gasteiger partial charge in [0.2, 0.25) is 0 Å². The molecule has 7 heteroatoms. The van der Waals surface area contributed by atoms with E-state index in [-0.39, 0.29) is 10.8 Å². The highest BCUT2D eigenvalue weighted by Crippen LogP contribution is 2.35. The van der Waals surface area contributed by atoms with E-state index in [4.69, 9.17) is 16.3 Å². The highest BCUT2D eigenvalue weighted by atomic mass is 35.5. The molecule has 0 N–H and O–H groups in total. The Morgan fingerprint density at radius 3 is 2.64 bits per heavy atom. The summed E-state index contributed by atoms with van der Waals surface area (Å²) in [5, 5.41) is 0.295. The fraction of sp³-hybridized carbons (Fsp3) is 0.133. The van der Waals surface area contributed by atoms with Crippen LogP contribution in [0.25, 0.3) is 0 Å². The van der Waals surface area contributed by atoms with Crippen LogP contribution in [-0.2, 0) is 9.84 Å². The summed E-state index contributed by atoms with van der Waals surface area (Å²) in [5.74, 6) is -0.333. The molecule has 114 valence electrons. The highest BCUT2D eigenvalue weighted by Gasteiger charge is 2.36. The van der Waals surface area contributed by atoms with Crippen LogP contribution < -0.4 is 9.64 Å². The second-order valence-electron chi connectivity index (χ2n) is 4.79. The average molecular weight is 338 g/mol. The van der Waals surface area contributed by atoms with Crippen molar-refractivity contribution in [3.05, 3.63) is 53.1 Å². The number of hydrogen-bond donors (Lipinski definition) is 0. The monoisotopic (exact) mass is 337 g/mol. The smallest absolute Gasteiger partial charge is 0.259 e. The Morgan fingerprint density at radius 1 is 1.23 bits per heavy atom. The summed E-state index contributed by atoms with van der Waals surface area (Å²) >= 11 is 6.02. The molecule has 0 bridgehead atoms. The lowest BCUT2D eigenvalue weighted by Crippen LogP contribution is -2.30. The first kappa shape index (κ1) is 14.9.